The summed E-state index contributed by atoms with van der Waals surface area (Å²) < 4.78 is 8.18. The lowest BCUT2D eigenvalue weighted by Gasteiger charge is -2.19. The van der Waals surface area contributed by atoms with E-state index in [2.05, 4.69) is 31.3 Å². The lowest BCUT2D eigenvalue weighted by Crippen LogP contribution is -2.23. The van der Waals surface area contributed by atoms with Crippen molar-refractivity contribution in [3.63, 3.8) is 0 Å². The maximum Gasteiger partial charge on any atom is 0.0953 e. The van der Waals surface area contributed by atoms with Crippen molar-refractivity contribution in [3.05, 3.63) is 40.1 Å². The normalized spacial score (nSPS) is 19.1. The van der Waals surface area contributed by atoms with Crippen molar-refractivity contribution in [2.45, 2.75) is 45.5 Å². The van der Waals surface area contributed by atoms with Crippen LogP contribution in [0.25, 0.3) is 0 Å². The van der Waals surface area contributed by atoms with Crippen LogP contribution in [0.2, 0.25) is 0 Å². The minimum absolute atomic E-state index is 0.672. The summed E-state index contributed by atoms with van der Waals surface area (Å²) in [6.07, 6.45) is 5.88. The second kappa shape index (κ2) is 6.52. The van der Waals surface area contributed by atoms with Gasteiger partial charge in [-0.3, -0.25) is 4.90 Å². The summed E-state index contributed by atoms with van der Waals surface area (Å²) in [5.74, 6) is 0.816. The Bertz CT molecular complexity index is 603. The third-order valence-corrected chi connectivity index (χ3v) is 5.29. The van der Waals surface area contributed by atoms with Crippen molar-refractivity contribution < 1.29 is 4.74 Å². The van der Waals surface area contributed by atoms with Crippen molar-refractivity contribution in [2.75, 3.05) is 13.2 Å². The maximum atomic E-state index is 5.86. The first-order chi connectivity index (χ1) is 10.9. The number of hydrogen-bond donors (Lipinski definition) is 0. The Morgan fingerprint density at radius 1 is 1.32 bits per heavy atom. The van der Waals surface area contributed by atoms with Gasteiger partial charge >= 0.3 is 0 Å². The van der Waals surface area contributed by atoms with Gasteiger partial charge in [0.15, 0.2) is 0 Å². The molecule has 0 spiro atoms. The Morgan fingerprint density at radius 2 is 2.27 bits per heavy atom. The van der Waals surface area contributed by atoms with E-state index >= 15 is 0 Å². The van der Waals surface area contributed by atoms with E-state index in [0.29, 0.717) is 6.61 Å². The fraction of sp³-hybridized carbons (Fsp3) is 0.588. The molecule has 1 aliphatic heterocycles. The van der Waals surface area contributed by atoms with Crippen LogP contribution in [0.1, 0.15) is 36.2 Å². The molecule has 0 atom stereocenters. The van der Waals surface area contributed by atoms with Crippen molar-refractivity contribution in [3.8, 4) is 0 Å². The number of ether oxygens (including phenoxy) is 1. The fourth-order valence-electron chi connectivity index (χ4n) is 3.08. The molecule has 4 rings (SSSR count). The molecule has 0 aromatic carbocycles. The average molecular weight is 317 g/mol. The van der Waals surface area contributed by atoms with Gasteiger partial charge in [0.25, 0.3) is 0 Å². The molecule has 0 bridgehead atoms. The van der Waals surface area contributed by atoms with E-state index < -0.39 is 0 Å². The fourth-order valence-corrected chi connectivity index (χ4v) is 3.74. The zero-order valence-electron chi connectivity index (χ0n) is 12.9. The predicted octanol–water partition coefficient (Wildman–Crippen LogP) is 3.28. The summed E-state index contributed by atoms with van der Waals surface area (Å²) in [5.41, 5.74) is 3.91. The van der Waals surface area contributed by atoms with Gasteiger partial charge in [-0.15, -0.1) is 0 Å². The number of imidazole rings is 1. The molecule has 5 heteroatoms. The van der Waals surface area contributed by atoms with Gasteiger partial charge in [0.1, 0.15) is 0 Å². The van der Waals surface area contributed by atoms with E-state index in [4.69, 9.17) is 4.74 Å². The van der Waals surface area contributed by atoms with E-state index in [1.54, 1.807) is 11.3 Å². The minimum atomic E-state index is 0.672. The van der Waals surface area contributed by atoms with Crippen LogP contribution in [0.15, 0.2) is 23.2 Å². The molecular formula is C17H23N3OS. The first-order valence-corrected chi connectivity index (χ1v) is 9.17. The van der Waals surface area contributed by atoms with E-state index in [1.807, 2.05) is 6.33 Å². The van der Waals surface area contributed by atoms with Crippen molar-refractivity contribution >= 4 is 11.3 Å². The predicted molar refractivity (Wildman–Crippen MR) is 87.7 cm³/mol. The van der Waals surface area contributed by atoms with Gasteiger partial charge < -0.3 is 9.30 Å². The second-order valence-corrected chi connectivity index (χ2v) is 7.27. The van der Waals surface area contributed by atoms with E-state index in [0.717, 1.165) is 44.4 Å². The van der Waals surface area contributed by atoms with E-state index in [1.165, 1.54) is 30.5 Å². The highest BCUT2D eigenvalue weighted by atomic mass is 32.1. The topological polar surface area (TPSA) is 30.3 Å². The Balaban J connectivity index is 1.42. The van der Waals surface area contributed by atoms with Crippen LogP contribution in [0.5, 0.6) is 0 Å². The Kier molecular flexibility index (Phi) is 4.28. The first-order valence-electron chi connectivity index (χ1n) is 8.22. The summed E-state index contributed by atoms with van der Waals surface area (Å²) in [5, 5.41) is 4.41. The van der Waals surface area contributed by atoms with Gasteiger partial charge in [0.2, 0.25) is 0 Å². The molecule has 0 N–H and O–H groups in total. The molecule has 22 heavy (non-hydrogen) atoms. The lowest BCUT2D eigenvalue weighted by atomic mass is 10.2. The second-order valence-electron chi connectivity index (χ2n) is 6.49. The number of fused-ring (bicyclic) bond motifs is 1. The molecule has 2 aromatic rings. The summed E-state index contributed by atoms with van der Waals surface area (Å²) in [6, 6.07) is 2.23. The number of aryl methyl sites for hydroxylation is 1. The first kappa shape index (κ1) is 14.4. The molecule has 4 nitrogen and oxygen atoms in total. The van der Waals surface area contributed by atoms with Gasteiger partial charge in [-0.25, -0.2) is 4.98 Å². The van der Waals surface area contributed by atoms with Crippen LogP contribution in [-0.4, -0.2) is 27.6 Å². The average Bonchev–Trinajstić information content (AvgIpc) is 3.13. The molecule has 118 valence electrons. The summed E-state index contributed by atoms with van der Waals surface area (Å²) in [7, 11) is 0. The minimum Gasteiger partial charge on any atom is -0.375 e. The molecule has 0 radical (unpaired) electrons. The van der Waals surface area contributed by atoms with E-state index in [-0.39, 0.29) is 0 Å². The maximum absolute atomic E-state index is 5.86. The van der Waals surface area contributed by atoms with Gasteiger partial charge in [-0.1, -0.05) is 0 Å². The number of rotatable bonds is 6. The highest BCUT2D eigenvalue weighted by molar-refractivity contribution is 7.07. The molecule has 1 saturated carbocycles. The third kappa shape index (κ3) is 3.42. The Hall–Kier alpha value is -1.17. The summed E-state index contributed by atoms with van der Waals surface area (Å²) in [4.78, 5) is 7.14. The number of thiophene rings is 1. The largest absolute Gasteiger partial charge is 0.375 e. The molecule has 2 aromatic heterocycles. The molecule has 2 aliphatic rings. The smallest absolute Gasteiger partial charge is 0.0953 e. The van der Waals surface area contributed by atoms with Crippen molar-refractivity contribution in [1.29, 1.82) is 0 Å². The van der Waals surface area contributed by atoms with Crippen LogP contribution in [0, 0.1) is 5.92 Å². The number of aromatic nitrogens is 2. The number of hydrogen-bond acceptors (Lipinski definition) is 4. The summed E-state index contributed by atoms with van der Waals surface area (Å²) in [6.45, 7) is 5.83. The highest BCUT2D eigenvalue weighted by Crippen LogP contribution is 2.29. The molecular weight excluding hydrogens is 294 g/mol. The van der Waals surface area contributed by atoms with Crippen LogP contribution in [0.3, 0.4) is 0 Å². The molecule has 1 aliphatic carbocycles. The molecule has 0 unspecified atom stereocenters. The molecule has 1 fully saturated rings. The Labute approximate surface area is 135 Å². The Morgan fingerprint density at radius 3 is 3.09 bits per heavy atom. The van der Waals surface area contributed by atoms with Crippen molar-refractivity contribution in [2.24, 2.45) is 5.92 Å². The SMILES string of the molecule is c1cc(CN2CCCn3cnc(COCC4CC4)c3C2)cs1. The van der Waals surface area contributed by atoms with Crippen molar-refractivity contribution in [1.82, 2.24) is 14.5 Å². The highest BCUT2D eigenvalue weighted by Gasteiger charge is 2.23. The van der Waals surface area contributed by atoms with Gasteiger partial charge in [-0.05, 0) is 47.6 Å². The monoisotopic (exact) mass is 317 g/mol. The molecule has 0 saturated heterocycles. The van der Waals surface area contributed by atoms with Crippen LogP contribution < -0.4 is 0 Å². The zero-order chi connectivity index (χ0) is 14.8. The molecule has 3 heterocycles. The van der Waals surface area contributed by atoms with Crippen LogP contribution in [0.4, 0.5) is 0 Å². The van der Waals surface area contributed by atoms with E-state index in [9.17, 15) is 0 Å². The van der Waals surface area contributed by atoms with Crippen LogP contribution >= 0.6 is 11.3 Å². The van der Waals surface area contributed by atoms with Gasteiger partial charge in [-0.2, -0.15) is 11.3 Å². The summed E-state index contributed by atoms with van der Waals surface area (Å²) >= 11 is 1.78. The third-order valence-electron chi connectivity index (χ3n) is 4.56. The lowest BCUT2D eigenvalue weighted by molar-refractivity contribution is 0.107. The molecule has 0 amide bonds. The zero-order valence-corrected chi connectivity index (χ0v) is 13.7. The standard InChI is InChI=1S/C17H23N3OS/c1-5-19(8-15-4-7-22-12-15)9-17-16(18-13-20(17)6-1)11-21-10-14-2-3-14/h4,7,12-14H,1-3,5-6,8-11H2. The van der Waals surface area contributed by atoms with Gasteiger partial charge in [0.05, 0.1) is 24.3 Å². The van der Waals surface area contributed by atoms with Gasteiger partial charge in [0, 0.05) is 32.8 Å². The van der Waals surface area contributed by atoms with Crippen LogP contribution in [-0.2, 0) is 31.0 Å². The number of nitrogens with zero attached hydrogens (tertiary/aromatic N) is 3. The quantitative estimate of drug-likeness (QED) is 0.819.